The van der Waals surface area contributed by atoms with E-state index in [9.17, 15) is 18.0 Å². The van der Waals surface area contributed by atoms with Gasteiger partial charge in [0.2, 0.25) is 5.95 Å². The molecule has 1 saturated heterocycles. The predicted octanol–water partition coefficient (Wildman–Crippen LogP) is 2.19. The van der Waals surface area contributed by atoms with Crippen LogP contribution in [0.2, 0.25) is 0 Å². The normalized spacial score (nSPS) is 19.3. The van der Waals surface area contributed by atoms with Gasteiger partial charge in [-0.25, -0.2) is 15.4 Å². The topological polar surface area (TPSA) is 90.4 Å². The van der Waals surface area contributed by atoms with Crippen molar-refractivity contribution in [1.82, 2.24) is 20.8 Å². The Morgan fingerprint density at radius 2 is 1.89 bits per heavy atom. The van der Waals surface area contributed by atoms with Crippen LogP contribution in [0.3, 0.4) is 0 Å². The fourth-order valence-corrected chi connectivity index (χ4v) is 3.37. The Kier molecular flexibility index (Phi) is 4.42. The van der Waals surface area contributed by atoms with E-state index in [0.29, 0.717) is 24.7 Å². The van der Waals surface area contributed by atoms with Gasteiger partial charge in [-0.15, -0.1) is 0 Å². The number of hydroxylamine groups is 1. The molecule has 0 radical (unpaired) electrons. The molecule has 2 aromatic rings. The molecule has 1 aromatic heterocycles. The van der Waals surface area contributed by atoms with Crippen LogP contribution in [0.25, 0.3) is 0 Å². The number of fused-ring (bicyclic) bond motifs is 1. The molecule has 1 amide bonds. The van der Waals surface area contributed by atoms with Gasteiger partial charge in [-0.1, -0.05) is 30.3 Å². The van der Waals surface area contributed by atoms with E-state index >= 15 is 0 Å². The summed E-state index contributed by atoms with van der Waals surface area (Å²) in [5.41, 5.74) is 3.30. The summed E-state index contributed by atoms with van der Waals surface area (Å²) in [5.74, 6) is -0.411. The van der Waals surface area contributed by atoms with Crippen molar-refractivity contribution in [2.75, 3.05) is 18.0 Å². The van der Waals surface area contributed by atoms with Crippen molar-refractivity contribution < 1.29 is 23.2 Å². The van der Waals surface area contributed by atoms with E-state index in [1.54, 1.807) is 18.2 Å². The predicted molar refractivity (Wildman–Crippen MR) is 92.4 cm³/mol. The molecule has 28 heavy (non-hydrogen) atoms. The van der Waals surface area contributed by atoms with Crippen LogP contribution in [0.5, 0.6) is 0 Å². The summed E-state index contributed by atoms with van der Waals surface area (Å²) >= 11 is 0. The van der Waals surface area contributed by atoms with Gasteiger partial charge in [0, 0.05) is 37.1 Å². The average Bonchev–Trinajstić information content (AvgIpc) is 3.13. The summed E-state index contributed by atoms with van der Waals surface area (Å²) in [6.45, 7) is 0.903. The van der Waals surface area contributed by atoms with E-state index < -0.39 is 18.1 Å². The Morgan fingerprint density at radius 3 is 2.43 bits per heavy atom. The molecule has 1 aliphatic carbocycles. The fourth-order valence-electron chi connectivity index (χ4n) is 3.37. The number of aromatic nitrogens is 2. The lowest BCUT2D eigenvalue weighted by Gasteiger charge is -2.23. The van der Waals surface area contributed by atoms with Crippen LogP contribution in [-0.4, -0.2) is 40.3 Å². The number of hydrogen-bond donors (Lipinski definition) is 3. The molecule has 2 unspecified atom stereocenters. The summed E-state index contributed by atoms with van der Waals surface area (Å²) < 4.78 is 40.4. The van der Waals surface area contributed by atoms with Gasteiger partial charge in [0.15, 0.2) is 0 Å². The second kappa shape index (κ2) is 6.79. The monoisotopic (exact) mass is 391 g/mol. The van der Waals surface area contributed by atoms with Crippen molar-refractivity contribution in [2.24, 2.45) is 5.92 Å². The first kappa shape index (κ1) is 18.2. The van der Waals surface area contributed by atoms with Gasteiger partial charge >= 0.3 is 6.18 Å². The maximum atomic E-state index is 13.5. The van der Waals surface area contributed by atoms with Gasteiger partial charge in [-0.3, -0.25) is 10.0 Å². The first-order valence-electron chi connectivity index (χ1n) is 8.51. The van der Waals surface area contributed by atoms with E-state index in [-0.39, 0.29) is 17.0 Å². The molecule has 3 N–H and O–H groups in total. The number of rotatable bonds is 5. The lowest BCUT2D eigenvalue weighted by Crippen LogP contribution is -2.34. The van der Waals surface area contributed by atoms with Crippen molar-refractivity contribution in [3.63, 3.8) is 0 Å². The number of benzene rings is 1. The molecular formula is C18H16F3N5O2. The second-order valence-corrected chi connectivity index (χ2v) is 6.61. The lowest BCUT2D eigenvalue weighted by molar-refractivity contribution is -0.155. The minimum Gasteiger partial charge on any atom is -0.373 e. The molecule has 0 saturated carbocycles. The van der Waals surface area contributed by atoms with Crippen molar-refractivity contribution >= 4 is 11.9 Å². The highest BCUT2D eigenvalue weighted by Gasteiger charge is 2.49. The molecule has 1 aliphatic heterocycles. The number of carbonyl (C=O) groups excluding carboxylic acids is 1. The zero-order valence-electron chi connectivity index (χ0n) is 14.4. The molecule has 4 rings (SSSR count). The highest BCUT2D eigenvalue weighted by molar-refractivity contribution is 5.92. The summed E-state index contributed by atoms with van der Waals surface area (Å²) in [5, 5.41) is 11.3. The maximum absolute atomic E-state index is 13.5. The molecular weight excluding hydrogens is 375 g/mol. The van der Waals surface area contributed by atoms with E-state index in [1.165, 1.54) is 30.0 Å². The Bertz CT molecular complexity index is 915. The van der Waals surface area contributed by atoms with Crippen molar-refractivity contribution in [3.8, 4) is 0 Å². The Labute approximate surface area is 157 Å². The van der Waals surface area contributed by atoms with Crippen LogP contribution in [0.15, 0.2) is 54.0 Å². The first-order chi connectivity index (χ1) is 13.4. The quantitative estimate of drug-likeness (QED) is 0.535. The number of alkyl halides is 3. The average molecular weight is 391 g/mol. The number of carbonyl (C=O) groups is 1. The molecule has 7 nitrogen and oxygen atoms in total. The molecule has 2 heterocycles. The van der Waals surface area contributed by atoms with E-state index in [0.717, 1.165) is 5.57 Å². The third-order valence-electron chi connectivity index (χ3n) is 4.84. The summed E-state index contributed by atoms with van der Waals surface area (Å²) in [7, 11) is 0. The maximum Gasteiger partial charge on any atom is 0.412 e. The Morgan fingerprint density at radius 1 is 1.21 bits per heavy atom. The largest absolute Gasteiger partial charge is 0.412 e. The molecule has 1 fully saturated rings. The SMILES string of the molecule is O=C(NO)c1cnc(N2CC3=C(NC(c4ccccc4)C(F)(F)F)C3C2)nc1. The molecule has 0 spiro atoms. The molecule has 10 heteroatoms. The van der Waals surface area contributed by atoms with Crippen molar-refractivity contribution in [2.45, 2.75) is 12.2 Å². The minimum absolute atomic E-state index is 0.0717. The zero-order valence-corrected chi connectivity index (χ0v) is 14.4. The van der Waals surface area contributed by atoms with Gasteiger partial charge in [0.1, 0.15) is 6.04 Å². The molecule has 2 aliphatic rings. The van der Waals surface area contributed by atoms with Crippen LogP contribution in [-0.2, 0) is 0 Å². The summed E-state index contributed by atoms with van der Waals surface area (Å²) in [4.78, 5) is 21.3. The van der Waals surface area contributed by atoms with Crippen LogP contribution in [0, 0.1) is 5.92 Å². The highest BCUT2D eigenvalue weighted by atomic mass is 19.4. The molecule has 1 aromatic carbocycles. The number of anilines is 1. The van der Waals surface area contributed by atoms with E-state index in [2.05, 4.69) is 15.3 Å². The first-order valence-corrected chi connectivity index (χ1v) is 8.51. The van der Waals surface area contributed by atoms with E-state index in [1.807, 2.05) is 4.90 Å². The molecule has 2 atom stereocenters. The lowest BCUT2D eigenvalue weighted by atomic mass is 10.1. The van der Waals surface area contributed by atoms with Crippen molar-refractivity contribution in [1.29, 1.82) is 0 Å². The summed E-state index contributed by atoms with van der Waals surface area (Å²) in [6, 6.07) is 6.01. The van der Waals surface area contributed by atoms with Crippen LogP contribution >= 0.6 is 0 Å². The minimum atomic E-state index is -4.41. The van der Waals surface area contributed by atoms with Crippen LogP contribution in [0.1, 0.15) is 22.0 Å². The van der Waals surface area contributed by atoms with Crippen LogP contribution in [0.4, 0.5) is 19.1 Å². The number of amides is 1. The summed E-state index contributed by atoms with van der Waals surface area (Å²) in [6.07, 6.45) is -1.85. The smallest absolute Gasteiger partial charge is 0.373 e. The molecule has 146 valence electrons. The Balaban J connectivity index is 1.45. The van der Waals surface area contributed by atoms with Gasteiger partial charge in [0.25, 0.3) is 5.91 Å². The zero-order chi connectivity index (χ0) is 19.9. The van der Waals surface area contributed by atoms with E-state index in [4.69, 9.17) is 5.21 Å². The number of halogens is 3. The number of nitrogens with zero attached hydrogens (tertiary/aromatic N) is 3. The Hall–Kier alpha value is -3.14. The van der Waals surface area contributed by atoms with Gasteiger partial charge in [0.05, 0.1) is 5.56 Å². The highest BCUT2D eigenvalue weighted by Crippen LogP contribution is 2.47. The number of nitrogens with one attached hydrogen (secondary N) is 2. The fraction of sp³-hybridized carbons (Fsp3) is 0.278. The third-order valence-corrected chi connectivity index (χ3v) is 4.84. The standard InChI is InChI=1S/C18H16F3N5O2/c19-18(20,21)15(10-4-2-1-3-5-10)24-14-12-8-26(9-13(12)14)17-22-6-11(7-23-17)16(27)25-28/h1-7,12,15,24,28H,8-9H2,(H,25,27). The van der Waals surface area contributed by atoms with Crippen molar-refractivity contribution in [3.05, 3.63) is 65.1 Å². The number of hydrogen-bond acceptors (Lipinski definition) is 6. The second-order valence-electron chi connectivity index (χ2n) is 6.61. The third kappa shape index (κ3) is 3.38. The van der Waals surface area contributed by atoms with Gasteiger partial charge in [-0.2, -0.15) is 13.2 Å². The van der Waals surface area contributed by atoms with Gasteiger partial charge < -0.3 is 10.2 Å². The van der Waals surface area contributed by atoms with Gasteiger partial charge in [-0.05, 0) is 11.1 Å². The van der Waals surface area contributed by atoms with Crippen LogP contribution < -0.4 is 15.7 Å². The molecule has 0 bridgehead atoms.